The molecule has 3 nitrogen and oxygen atoms in total. The van der Waals surface area contributed by atoms with E-state index in [0.29, 0.717) is 27.6 Å². The largest absolute Gasteiger partial charge is 0.496 e. The van der Waals surface area contributed by atoms with E-state index >= 15 is 0 Å². The lowest BCUT2D eigenvalue weighted by Gasteiger charge is -2.11. The Bertz CT molecular complexity index is 680. The first kappa shape index (κ1) is 14.4. The zero-order chi connectivity index (χ0) is 14.9. The molecule has 0 atom stereocenters. The van der Waals surface area contributed by atoms with Gasteiger partial charge in [0.2, 0.25) is 0 Å². The van der Waals surface area contributed by atoms with E-state index in [9.17, 15) is 4.79 Å². The molecule has 2 rings (SSSR count). The number of hydrogen-bond donors (Lipinski definition) is 1. The monoisotopic (exact) mass is 289 g/mol. The fraction of sp³-hybridized carbons (Fsp3) is 0.188. The quantitative estimate of drug-likeness (QED) is 0.691. The summed E-state index contributed by atoms with van der Waals surface area (Å²) in [6, 6.07) is 8.62. The number of ketones is 1. The average Bonchev–Trinajstić information content (AvgIpc) is 2.42. The molecule has 2 N–H and O–H groups in total. The predicted molar refractivity (Wildman–Crippen MR) is 81.8 cm³/mol. The second-order valence-corrected chi connectivity index (χ2v) is 5.11. The van der Waals surface area contributed by atoms with E-state index in [1.807, 2.05) is 13.8 Å². The van der Waals surface area contributed by atoms with Crippen LogP contribution in [0.15, 0.2) is 30.3 Å². The van der Waals surface area contributed by atoms with Gasteiger partial charge in [0.25, 0.3) is 0 Å². The smallest absolute Gasteiger partial charge is 0.197 e. The molecular formula is C16H16ClNO2. The molecule has 20 heavy (non-hydrogen) atoms. The van der Waals surface area contributed by atoms with E-state index in [1.54, 1.807) is 30.3 Å². The van der Waals surface area contributed by atoms with Crippen molar-refractivity contribution in [2.45, 2.75) is 13.8 Å². The third-order valence-electron chi connectivity index (χ3n) is 3.22. The standard InChI is InChI=1S/C16H16ClNO2/c1-9-7-14(17)10(2)6-12(9)16(19)13-8-11(18)4-5-15(13)20-3/h4-8H,18H2,1-3H3. The number of halogens is 1. The molecule has 4 heteroatoms. The van der Waals surface area contributed by atoms with Crippen LogP contribution in [0.5, 0.6) is 5.75 Å². The molecular weight excluding hydrogens is 274 g/mol. The first-order chi connectivity index (χ1) is 9.43. The molecule has 0 saturated carbocycles. The third-order valence-corrected chi connectivity index (χ3v) is 3.63. The molecule has 0 aromatic heterocycles. The van der Waals surface area contributed by atoms with Crippen LogP contribution in [-0.4, -0.2) is 12.9 Å². The number of hydrogen-bond acceptors (Lipinski definition) is 3. The number of methoxy groups -OCH3 is 1. The van der Waals surface area contributed by atoms with Gasteiger partial charge in [0, 0.05) is 16.3 Å². The van der Waals surface area contributed by atoms with E-state index in [-0.39, 0.29) is 5.78 Å². The number of nitrogens with two attached hydrogens (primary N) is 1. The van der Waals surface area contributed by atoms with Crippen molar-refractivity contribution in [3.8, 4) is 5.75 Å². The molecule has 0 aliphatic heterocycles. The Kier molecular flexibility index (Phi) is 4.00. The van der Waals surface area contributed by atoms with Crippen LogP contribution >= 0.6 is 11.6 Å². The Morgan fingerprint density at radius 1 is 1.10 bits per heavy atom. The molecule has 2 aromatic rings. The molecule has 0 aliphatic carbocycles. The molecule has 0 unspecified atom stereocenters. The molecule has 0 saturated heterocycles. The molecule has 2 aromatic carbocycles. The second-order valence-electron chi connectivity index (χ2n) is 4.71. The van der Waals surface area contributed by atoms with E-state index in [2.05, 4.69) is 0 Å². The number of rotatable bonds is 3. The van der Waals surface area contributed by atoms with Crippen molar-refractivity contribution in [3.05, 3.63) is 57.6 Å². The highest BCUT2D eigenvalue weighted by atomic mass is 35.5. The molecule has 0 radical (unpaired) electrons. The van der Waals surface area contributed by atoms with Crippen molar-refractivity contribution in [2.24, 2.45) is 0 Å². The normalized spacial score (nSPS) is 10.4. The van der Waals surface area contributed by atoms with E-state index in [1.165, 1.54) is 7.11 Å². The first-order valence-corrected chi connectivity index (χ1v) is 6.56. The van der Waals surface area contributed by atoms with Crippen molar-refractivity contribution < 1.29 is 9.53 Å². The second kappa shape index (κ2) is 5.55. The van der Waals surface area contributed by atoms with Crippen LogP contribution in [0.25, 0.3) is 0 Å². The highest BCUT2D eigenvalue weighted by molar-refractivity contribution is 6.31. The zero-order valence-electron chi connectivity index (χ0n) is 11.7. The van der Waals surface area contributed by atoms with Gasteiger partial charge in [0.05, 0.1) is 12.7 Å². The number of anilines is 1. The van der Waals surface area contributed by atoms with Gasteiger partial charge in [0.1, 0.15) is 5.75 Å². The van der Waals surface area contributed by atoms with Crippen LogP contribution in [0.4, 0.5) is 5.69 Å². The molecule has 0 heterocycles. The molecule has 0 fully saturated rings. The summed E-state index contributed by atoms with van der Waals surface area (Å²) < 4.78 is 5.23. The van der Waals surface area contributed by atoms with Crippen LogP contribution in [0.3, 0.4) is 0 Å². The van der Waals surface area contributed by atoms with Gasteiger partial charge in [-0.05, 0) is 55.3 Å². The zero-order valence-corrected chi connectivity index (χ0v) is 12.4. The summed E-state index contributed by atoms with van der Waals surface area (Å²) in [4.78, 5) is 12.7. The summed E-state index contributed by atoms with van der Waals surface area (Å²) in [5.41, 5.74) is 9.04. The number of ether oxygens (including phenoxy) is 1. The van der Waals surface area contributed by atoms with Crippen LogP contribution < -0.4 is 10.5 Å². The van der Waals surface area contributed by atoms with Crippen molar-refractivity contribution in [3.63, 3.8) is 0 Å². The van der Waals surface area contributed by atoms with Crippen LogP contribution in [0.2, 0.25) is 5.02 Å². The third kappa shape index (κ3) is 2.63. The van der Waals surface area contributed by atoms with Crippen LogP contribution in [-0.2, 0) is 0 Å². The first-order valence-electron chi connectivity index (χ1n) is 6.19. The van der Waals surface area contributed by atoms with Gasteiger partial charge in [-0.1, -0.05) is 11.6 Å². The maximum Gasteiger partial charge on any atom is 0.197 e. The minimum atomic E-state index is -0.119. The number of carbonyl (C=O) groups is 1. The maximum atomic E-state index is 12.7. The Morgan fingerprint density at radius 3 is 2.45 bits per heavy atom. The van der Waals surface area contributed by atoms with Crippen molar-refractivity contribution in [1.29, 1.82) is 0 Å². The summed E-state index contributed by atoms with van der Waals surface area (Å²) in [5, 5.41) is 0.651. The average molecular weight is 290 g/mol. The Labute approximate surface area is 123 Å². The van der Waals surface area contributed by atoms with Gasteiger partial charge in [-0.3, -0.25) is 4.79 Å². The molecule has 0 spiro atoms. The van der Waals surface area contributed by atoms with Crippen molar-refractivity contribution >= 4 is 23.1 Å². The fourth-order valence-corrected chi connectivity index (χ4v) is 2.29. The molecule has 0 aliphatic rings. The Hall–Kier alpha value is -2.00. The highest BCUT2D eigenvalue weighted by Gasteiger charge is 2.17. The topological polar surface area (TPSA) is 52.3 Å². The highest BCUT2D eigenvalue weighted by Crippen LogP contribution is 2.27. The number of aryl methyl sites for hydroxylation is 2. The van der Waals surface area contributed by atoms with E-state index in [4.69, 9.17) is 22.1 Å². The van der Waals surface area contributed by atoms with Gasteiger partial charge < -0.3 is 10.5 Å². The Balaban J connectivity index is 2.57. The van der Waals surface area contributed by atoms with Gasteiger partial charge in [-0.25, -0.2) is 0 Å². The molecule has 0 bridgehead atoms. The number of nitrogen functional groups attached to an aromatic ring is 1. The van der Waals surface area contributed by atoms with Crippen LogP contribution in [0, 0.1) is 13.8 Å². The van der Waals surface area contributed by atoms with Gasteiger partial charge in [-0.2, -0.15) is 0 Å². The lowest BCUT2D eigenvalue weighted by molar-refractivity contribution is 0.103. The van der Waals surface area contributed by atoms with Crippen LogP contribution in [0.1, 0.15) is 27.0 Å². The maximum absolute atomic E-state index is 12.7. The minimum Gasteiger partial charge on any atom is -0.496 e. The summed E-state index contributed by atoms with van der Waals surface area (Å²) in [5.74, 6) is 0.391. The molecule has 0 amide bonds. The number of carbonyl (C=O) groups excluding carboxylic acids is 1. The van der Waals surface area contributed by atoms with Gasteiger partial charge >= 0.3 is 0 Å². The SMILES string of the molecule is COc1ccc(N)cc1C(=O)c1cc(C)c(Cl)cc1C. The fourth-order valence-electron chi connectivity index (χ4n) is 2.07. The summed E-state index contributed by atoms with van der Waals surface area (Å²) in [6.07, 6.45) is 0. The number of benzene rings is 2. The van der Waals surface area contributed by atoms with Gasteiger partial charge in [-0.15, -0.1) is 0 Å². The molecule has 104 valence electrons. The van der Waals surface area contributed by atoms with Crippen molar-refractivity contribution in [2.75, 3.05) is 12.8 Å². The minimum absolute atomic E-state index is 0.119. The predicted octanol–water partition coefficient (Wildman–Crippen LogP) is 3.78. The van der Waals surface area contributed by atoms with Gasteiger partial charge in [0.15, 0.2) is 5.78 Å². The van der Waals surface area contributed by atoms with E-state index in [0.717, 1.165) is 11.1 Å². The Morgan fingerprint density at radius 2 is 1.80 bits per heavy atom. The summed E-state index contributed by atoms with van der Waals surface area (Å²) in [7, 11) is 1.53. The summed E-state index contributed by atoms with van der Waals surface area (Å²) in [6.45, 7) is 3.73. The lowest BCUT2D eigenvalue weighted by atomic mass is 9.96. The summed E-state index contributed by atoms with van der Waals surface area (Å²) >= 11 is 6.06. The van der Waals surface area contributed by atoms with Crippen molar-refractivity contribution in [1.82, 2.24) is 0 Å². The van der Waals surface area contributed by atoms with E-state index < -0.39 is 0 Å². The lowest BCUT2D eigenvalue weighted by Crippen LogP contribution is -2.07.